The SMILES string of the molecule is O=C(NCCS(=O)(=O)N1CCSCC1)C1CCNC1. The molecule has 2 aliphatic heterocycles. The van der Waals surface area contributed by atoms with E-state index in [1.54, 1.807) is 11.8 Å². The van der Waals surface area contributed by atoms with Crippen LogP contribution in [0.25, 0.3) is 0 Å². The van der Waals surface area contributed by atoms with Gasteiger partial charge in [-0.05, 0) is 13.0 Å². The molecule has 0 saturated carbocycles. The van der Waals surface area contributed by atoms with Gasteiger partial charge in [-0.15, -0.1) is 0 Å². The lowest BCUT2D eigenvalue weighted by atomic mass is 10.1. The third-order valence-electron chi connectivity index (χ3n) is 3.45. The van der Waals surface area contributed by atoms with Crippen LogP contribution in [0.3, 0.4) is 0 Å². The number of sulfonamides is 1. The number of carbonyl (C=O) groups excluding carboxylic acids is 1. The highest BCUT2D eigenvalue weighted by molar-refractivity contribution is 7.99. The fourth-order valence-electron chi connectivity index (χ4n) is 2.28. The Morgan fingerprint density at radius 2 is 2.11 bits per heavy atom. The molecule has 2 heterocycles. The molecule has 1 amide bonds. The first-order chi connectivity index (χ1) is 9.09. The van der Waals surface area contributed by atoms with Crippen molar-refractivity contribution in [2.24, 2.45) is 5.92 Å². The van der Waals surface area contributed by atoms with Gasteiger partial charge >= 0.3 is 0 Å². The lowest BCUT2D eigenvalue weighted by Crippen LogP contribution is -2.42. The Labute approximate surface area is 118 Å². The van der Waals surface area contributed by atoms with E-state index in [0.29, 0.717) is 19.6 Å². The maximum Gasteiger partial charge on any atom is 0.224 e. The van der Waals surface area contributed by atoms with Crippen molar-refractivity contribution >= 4 is 27.7 Å². The van der Waals surface area contributed by atoms with Crippen molar-refractivity contribution in [2.45, 2.75) is 6.42 Å². The number of hydrogen-bond acceptors (Lipinski definition) is 5. The quantitative estimate of drug-likeness (QED) is 0.687. The van der Waals surface area contributed by atoms with Gasteiger partial charge in [0, 0.05) is 37.7 Å². The zero-order chi connectivity index (χ0) is 13.7. The summed E-state index contributed by atoms with van der Waals surface area (Å²) in [7, 11) is -3.21. The highest BCUT2D eigenvalue weighted by atomic mass is 32.2. The number of carbonyl (C=O) groups is 1. The summed E-state index contributed by atoms with van der Waals surface area (Å²) >= 11 is 1.78. The first kappa shape index (κ1) is 15.1. The van der Waals surface area contributed by atoms with Crippen LogP contribution in [0.5, 0.6) is 0 Å². The molecular formula is C11H21N3O3S2. The van der Waals surface area contributed by atoms with Crippen molar-refractivity contribution in [1.29, 1.82) is 0 Å². The molecule has 8 heteroatoms. The number of thioether (sulfide) groups is 1. The molecule has 2 saturated heterocycles. The number of nitrogens with one attached hydrogen (secondary N) is 2. The van der Waals surface area contributed by atoms with Gasteiger partial charge in [0.25, 0.3) is 0 Å². The van der Waals surface area contributed by atoms with E-state index in [2.05, 4.69) is 10.6 Å². The first-order valence-electron chi connectivity index (χ1n) is 6.63. The maximum atomic E-state index is 12.0. The van der Waals surface area contributed by atoms with Crippen molar-refractivity contribution < 1.29 is 13.2 Å². The Kier molecular flexibility index (Phi) is 5.49. The van der Waals surface area contributed by atoms with Crippen LogP contribution in [0.15, 0.2) is 0 Å². The van der Waals surface area contributed by atoms with E-state index in [4.69, 9.17) is 0 Å². The summed E-state index contributed by atoms with van der Waals surface area (Å²) in [6, 6.07) is 0. The molecule has 0 aliphatic carbocycles. The molecule has 2 fully saturated rings. The number of amides is 1. The molecule has 2 N–H and O–H groups in total. The van der Waals surface area contributed by atoms with E-state index < -0.39 is 10.0 Å². The van der Waals surface area contributed by atoms with Crippen molar-refractivity contribution in [2.75, 3.05) is 50.0 Å². The van der Waals surface area contributed by atoms with Gasteiger partial charge in [0.2, 0.25) is 15.9 Å². The van der Waals surface area contributed by atoms with Crippen LogP contribution in [-0.4, -0.2) is 68.6 Å². The second-order valence-corrected chi connectivity index (χ2v) is 8.12. The molecule has 0 bridgehead atoms. The van der Waals surface area contributed by atoms with Crippen LogP contribution in [0.2, 0.25) is 0 Å². The van der Waals surface area contributed by atoms with E-state index in [-0.39, 0.29) is 24.1 Å². The lowest BCUT2D eigenvalue weighted by molar-refractivity contribution is -0.124. The monoisotopic (exact) mass is 307 g/mol. The zero-order valence-electron chi connectivity index (χ0n) is 10.9. The van der Waals surface area contributed by atoms with Gasteiger partial charge in [-0.2, -0.15) is 11.8 Å². The van der Waals surface area contributed by atoms with Crippen LogP contribution in [0.1, 0.15) is 6.42 Å². The third kappa shape index (κ3) is 4.34. The minimum absolute atomic E-state index is 0.00353. The van der Waals surface area contributed by atoms with Crippen LogP contribution in [0, 0.1) is 5.92 Å². The zero-order valence-corrected chi connectivity index (χ0v) is 12.6. The van der Waals surface area contributed by atoms with Gasteiger partial charge in [0.15, 0.2) is 0 Å². The fraction of sp³-hybridized carbons (Fsp3) is 0.909. The number of nitrogens with zero attached hydrogens (tertiary/aromatic N) is 1. The number of hydrogen-bond donors (Lipinski definition) is 2. The lowest BCUT2D eigenvalue weighted by Gasteiger charge is -2.25. The summed E-state index contributed by atoms with van der Waals surface area (Å²) in [5, 5.41) is 5.85. The standard InChI is InChI=1S/C11H21N3O3S2/c15-11(10-1-2-12-9-10)13-3-8-19(16,17)14-4-6-18-7-5-14/h10,12H,1-9H2,(H,13,15). The van der Waals surface area contributed by atoms with Gasteiger partial charge in [0.1, 0.15) is 0 Å². The summed E-state index contributed by atoms with van der Waals surface area (Å²) in [4.78, 5) is 11.7. The fourth-order valence-corrected chi connectivity index (χ4v) is 4.77. The average Bonchev–Trinajstić information content (AvgIpc) is 2.93. The molecule has 0 spiro atoms. The molecule has 0 radical (unpaired) electrons. The van der Waals surface area contributed by atoms with E-state index in [0.717, 1.165) is 24.5 Å². The second-order valence-electron chi connectivity index (χ2n) is 4.81. The van der Waals surface area contributed by atoms with Gasteiger partial charge in [-0.3, -0.25) is 4.79 Å². The van der Waals surface area contributed by atoms with E-state index in [1.165, 1.54) is 4.31 Å². The Morgan fingerprint density at radius 1 is 1.37 bits per heavy atom. The van der Waals surface area contributed by atoms with E-state index in [1.807, 2.05) is 0 Å². The smallest absolute Gasteiger partial charge is 0.224 e. The molecule has 1 unspecified atom stereocenters. The molecule has 19 heavy (non-hydrogen) atoms. The molecule has 2 rings (SSSR count). The maximum absolute atomic E-state index is 12.0. The molecular weight excluding hydrogens is 286 g/mol. The Bertz CT molecular complexity index is 401. The van der Waals surface area contributed by atoms with Crippen molar-refractivity contribution in [3.8, 4) is 0 Å². The molecule has 6 nitrogen and oxygen atoms in total. The van der Waals surface area contributed by atoms with Gasteiger partial charge < -0.3 is 10.6 Å². The predicted molar refractivity (Wildman–Crippen MR) is 76.7 cm³/mol. The van der Waals surface area contributed by atoms with E-state index in [9.17, 15) is 13.2 Å². The predicted octanol–water partition coefficient (Wildman–Crippen LogP) is -0.909. The molecule has 1 atom stereocenters. The molecule has 0 aromatic rings. The van der Waals surface area contributed by atoms with Crippen LogP contribution in [0.4, 0.5) is 0 Å². The minimum Gasteiger partial charge on any atom is -0.355 e. The summed E-state index contributed by atoms with van der Waals surface area (Å²) in [6.07, 6.45) is 0.835. The average molecular weight is 307 g/mol. The van der Waals surface area contributed by atoms with Crippen molar-refractivity contribution in [3.63, 3.8) is 0 Å². The van der Waals surface area contributed by atoms with Crippen LogP contribution < -0.4 is 10.6 Å². The largest absolute Gasteiger partial charge is 0.355 e. The summed E-state index contributed by atoms with van der Waals surface area (Å²) in [5.74, 6) is 1.69. The summed E-state index contributed by atoms with van der Waals surface area (Å²) < 4.78 is 25.6. The van der Waals surface area contributed by atoms with Crippen LogP contribution in [-0.2, 0) is 14.8 Å². The van der Waals surface area contributed by atoms with Crippen molar-refractivity contribution in [1.82, 2.24) is 14.9 Å². The topological polar surface area (TPSA) is 78.5 Å². The molecule has 0 aromatic heterocycles. The Balaban J connectivity index is 1.73. The van der Waals surface area contributed by atoms with Gasteiger partial charge in [-0.1, -0.05) is 0 Å². The Morgan fingerprint density at radius 3 is 2.74 bits per heavy atom. The van der Waals surface area contributed by atoms with Gasteiger partial charge in [0.05, 0.1) is 11.7 Å². The van der Waals surface area contributed by atoms with Crippen molar-refractivity contribution in [3.05, 3.63) is 0 Å². The molecule has 2 aliphatic rings. The Hall–Kier alpha value is -0.310. The first-order valence-corrected chi connectivity index (χ1v) is 9.40. The highest BCUT2D eigenvalue weighted by Crippen LogP contribution is 2.13. The van der Waals surface area contributed by atoms with Gasteiger partial charge in [-0.25, -0.2) is 12.7 Å². The van der Waals surface area contributed by atoms with Crippen LogP contribution >= 0.6 is 11.8 Å². The second kappa shape index (κ2) is 6.92. The highest BCUT2D eigenvalue weighted by Gasteiger charge is 2.25. The molecule has 0 aromatic carbocycles. The minimum atomic E-state index is -3.21. The summed E-state index contributed by atoms with van der Waals surface area (Å²) in [5.41, 5.74) is 0. The third-order valence-corrected chi connectivity index (χ3v) is 6.27. The molecule has 110 valence electrons. The number of rotatable bonds is 5. The normalized spacial score (nSPS) is 25.4. The summed E-state index contributed by atoms with van der Waals surface area (Å²) in [6.45, 7) is 2.95. The van der Waals surface area contributed by atoms with E-state index >= 15 is 0 Å².